The van der Waals surface area contributed by atoms with Gasteiger partial charge in [-0.1, -0.05) is 34.6 Å². The van der Waals surface area contributed by atoms with Gasteiger partial charge < -0.3 is 0 Å². The Bertz CT molecular complexity index is 212. The molecule has 0 bridgehead atoms. The molecule has 0 aromatic carbocycles. The molecule has 0 fully saturated rings. The molecule has 1 heteroatoms. The van der Waals surface area contributed by atoms with Crippen molar-refractivity contribution in [3.63, 3.8) is 0 Å². The van der Waals surface area contributed by atoms with Crippen molar-refractivity contribution in [2.45, 2.75) is 98.1 Å². The average Bonchev–Trinajstić information content (AvgIpc) is 2.38. The average molecular weight is 240 g/mol. The van der Waals surface area contributed by atoms with E-state index in [1.165, 1.54) is 38.5 Å². The number of rotatable bonds is 8. The van der Waals surface area contributed by atoms with Gasteiger partial charge in [-0.15, -0.1) is 0 Å². The van der Waals surface area contributed by atoms with Crippen LogP contribution in [0.1, 0.15) is 87.0 Å². The second-order valence-corrected chi connectivity index (χ2v) is 5.75. The minimum Gasteiger partial charge on any atom is -0.230 e. The number of nitrogens with zero attached hydrogens (tertiary/aromatic N) is 1. The summed E-state index contributed by atoms with van der Waals surface area (Å²) < 4.78 is 2.68. The zero-order chi connectivity index (χ0) is 13.5. The molecule has 0 rings (SSSR count). The van der Waals surface area contributed by atoms with Gasteiger partial charge in [-0.25, -0.2) is 4.58 Å². The van der Waals surface area contributed by atoms with Crippen LogP contribution in [-0.2, 0) is 0 Å². The fraction of sp³-hybridized carbons (Fsp3) is 0.938. The highest BCUT2D eigenvalue weighted by molar-refractivity contribution is 5.51. The molecule has 0 N–H and O–H groups in total. The van der Waals surface area contributed by atoms with Crippen molar-refractivity contribution in [1.29, 1.82) is 0 Å². The second kappa shape index (κ2) is 7.18. The molecule has 0 saturated carbocycles. The van der Waals surface area contributed by atoms with Crippen LogP contribution in [0.4, 0.5) is 0 Å². The summed E-state index contributed by atoms with van der Waals surface area (Å²) in [7, 11) is 0. The molecule has 0 radical (unpaired) electrons. The number of hydrogen-bond donors (Lipinski definition) is 0. The van der Waals surface area contributed by atoms with Crippen molar-refractivity contribution in [2.24, 2.45) is 0 Å². The Labute approximate surface area is 109 Å². The van der Waals surface area contributed by atoms with Gasteiger partial charge in [0.15, 0.2) is 11.1 Å². The second-order valence-electron chi connectivity index (χ2n) is 5.75. The van der Waals surface area contributed by atoms with E-state index in [4.69, 9.17) is 0 Å². The van der Waals surface area contributed by atoms with E-state index in [0.29, 0.717) is 11.1 Å². The predicted molar refractivity (Wildman–Crippen MR) is 79.2 cm³/mol. The highest BCUT2D eigenvalue weighted by atomic mass is 15.1. The minimum absolute atomic E-state index is 0.315. The quantitative estimate of drug-likeness (QED) is 0.413. The van der Waals surface area contributed by atoms with E-state index >= 15 is 0 Å². The third kappa shape index (κ3) is 3.82. The Kier molecular flexibility index (Phi) is 7.04. The topological polar surface area (TPSA) is 3.01 Å². The van der Waals surface area contributed by atoms with Crippen LogP contribution in [0, 0.1) is 0 Å². The molecular formula is C16H34N+. The van der Waals surface area contributed by atoms with E-state index in [1.807, 2.05) is 0 Å². The summed E-state index contributed by atoms with van der Waals surface area (Å²) in [5.41, 5.74) is 0.631. The molecule has 0 aromatic rings. The van der Waals surface area contributed by atoms with Gasteiger partial charge in [-0.05, 0) is 6.42 Å². The van der Waals surface area contributed by atoms with Crippen LogP contribution in [0.5, 0.6) is 0 Å². The normalized spacial score (nSPS) is 12.6. The molecule has 102 valence electrons. The van der Waals surface area contributed by atoms with Gasteiger partial charge in [-0.2, -0.15) is 0 Å². The monoisotopic (exact) mass is 240 g/mol. The number of hydrogen-bond acceptors (Lipinski definition) is 0. The van der Waals surface area contributed by atoms with Crippen LogP contribution < -0.4 is 0 Å². The van der Waals surface area contributed by atoms with Crippen molar-refractivity contribution >= 4 is 6.21 Å². The van der Waals surface area contributed by atoms with Crippen molar-refractivity contribution in [3.05, 3.63) is 0 Å². The van der Waals surface area contributed by atoms with E-state index in [9.17, 15) is 0 Å². The molecule has 0 spiro atoms. The first-order valence-corrected chi connectivity index (χ1v) is 7.56. The van der Waals surface area contributed by atoms with Crippen LogP contribution in [0.3, 0.4) is 0 Å². The lowest BCUT2D eigenvalue weighted by Crippen LogP contribution is -2.51. The van der Waals surface area contributed by atoms with E-state index in [-0.39, 0.29) is 0 Å². The summed E-state index contributed by atoms with van der Waals surface area (Å²) in [6.45, 7) is 16.4. The van der Waals surface area contributed by atoms with Crippen LogP contribution in [-0.4, -0.2) is 21.9 Å². The summed E-state index contributed by atoms with van der Waals surface area (Å²) in [4.78, 5) is 0. The van der Waals surface area contributed by atoms with E-state index in [1.54, 1.807) is 0 Å². The molecule has 0 amide bonds. The maximum atomic E-state index is 2.68. The van der Waals surface area contributed by atoms with Crippen molar-refractivity contribution in [3.8, 4) is 0 Å². The standard InChI is InChI=1S/C16H34N/c1-8-13-14-17(15(6,9-2)10-3)16(7,11-4)12-5/h14H,8-13H2,1-7H3/q+1. The smallest absolute Gasteiger partial charge is 0.159 e. The number of unbranched alkanes of at least 4 members (excludes halogenated alkanes) is 1. The molecular weight excluding hydrogens is 206 g/mol. The molecule has 0 aliphatic carbocycles. The first kappa shape index (κ1) is 16.7. The fourth-order valence-electron chi connectivity index (χ4n) is 2.53. The van der Waals surface area contributed by atoms with Crippen molar-refractivity contribution in [1.82, 2.24) is 0 Å². The molecule has 0 aliphatic heterocycles. The lowest BCUT2D eigenvalue weighted by atomic mass is 9.85. The first-order chi connectivity index (χ1) is 7.94. The van der Waals surface area contributed by atoms with Crippen molar-refractivity contribution < 1.29 is 4.58 Å². The van der Waals surface area contributed by atoms with Crippen LogP contribution in [0.2, 0.25) is 0 Å². The van der Waals surface area contributed by atoms with Crippen molar-refractivity contribution in [2.75, 3.05) is 0 Å². The Hall–Kier alpha value is -0.330. The zero-order valence-corrected chi connectivity index (χ0v) is 13.3. The predicted octanol–water partition coefficient (Wildman–Crippen LogP) is 5.03. The van der Waals surface area contributed by atoms with E-state index in [0.717, 1.165) is 0 Å². The lowest BCUT2D eigenvalue weighted by molar-refractivity contribution is -0.670. The van der Waals surface area contributed by atoms with Gasteiger partial charge in [0.2, 0.25) is 0 Å². The molecule has 17 heavy (non-hydrogen) atoms. The lowest BCUT2D eigenvalue weighted by Gasteiger charge is -2.36. The van der Waals surface area contributed by atoms with Gasteiger partial charge in [0.1, 0.15) is 6.21 Å². The summed E-state index contributed by atoms with van der Waals surface area (Å²) in [6.07, 6.45) is 9.80. The van der Waals surface area contributed by atoms with Crippen LogP contribution in [0.15, 0.2) is 0 Å². The highest BCUT2D eigenvalue weighted by Gasteiger charge is 2.43. The summed E-state index contributed by atoms with van der Waals surface area (Å²) in [5, 5.41) is 0. The summed E-state index contributed by atoms with van der Waals surface area (Å²) in [5.74, 6) is 0. The Morgan fingerprint density at radius 1 is 0.765 bits per heavy atom. The molecule has 0 unspecified atom stereocenters. The largest absolute Gasteiger partial charge is 0.230 e. The van der Waals surface area contributed by atoms with Gasteiger partial charge in [0.05, 0.1) is 0 Å². The van der Waals surface area contributed by atoms with Gasteiger partial charge in [0.25, 0.3) is 0 Å². The minimum atomic E-state index is 0.315. The Morgan fingerprint density at radius 3 is 1.35 bits per heavy atom. The van der Waals surface area contributed by atoms with E-state index < -0.39 is 0 Å². The van der Waals surface area contributed by atoms with Gasteiger partial charge in [-0.3, -0.25) is 0 Å². The molecule has 0 aliphatic rings. The van der Waals surface area contributed by atoms with E-state index in [2.05, 4.69) is 59.3 Å². The molecule has 1 nitrogen and oxygen atoms in total. The highest BCUT2D eigenvalue weighted by Crippen LogP contribution is 2.30. The van der Waals surface area contributed by atoms with Gasteiger partial charge >= 0.3 is 0 Å². The summed E-state index contributed by atoms with van der Waals surface area (Å²) in [6, 6.07) is 0. The Balaban J connectivity index is 5.41. The third-order valence-corrected chi connectivity index (χ3v) is 4.81. The third-order valence-electron chi connectivity index (χ3n) is 4.81. The van der Waals surface area contributed by atoms with Crippen LogP contribution in [0.25, 0.3) is 0 Å². The molecule has 0 atom stereocenters. The maximum absolute atomic E-state index is 2.68. The first-order valence-electron chi connectivity index (χ1n) is 7.56. The zero-order valence-electron chi connectivity index (χ0n) is 13.3. The Morgan fingerprint density at radius 2 is 1.12 bits per heavy atom. The molecule has 0 heterocycles. The van der Waals surface area contributed by atoms with Crippen LogP contribution >= 0.6 is 0 Å². The SMILES string of the molecule is CCCC=[N+](C(C)(CC)CC)C(C)(CC)CC. The maximum Gasteiger partial charge on any atom is 0.159 e. The van der Waals surface area contributed by atoms with Gasteiger partial charge in [0, 0.05) is 46.0 Å². The summed E-state index contributed by atoms with van der Waals surface area (Å²) >= 11 is 0. The molecule has 0 saturated heterocycles. The fourth-order valence-corrected chi connectivity index (χ4v) is 2.53. The molecule has 0 aromatic heterocycles.